The Kier molecular flexibility index (Phi) is 2.93. The summed E-state index contributed by atoms with van der Waals surface area (Å²) in [4.78, 5) is 23.9. The van der Waals surface area contributed by atoms with Crippen LogP contribution in [0.4, 0.5) is 5.69 Å². The SMILES string of the molecule is O=c1cccc(-c2cc([N+](=O)[O-])ccc2Cl)[nH]1. The fraction of sp³-hybridized carbons (Fsp3) is 0. The summed E-state index contributed by atoms with van der Waals surface area (Å²) in [7, 11) is 0. The van der Waals surface area contributed by atoms with E-state index >= 15 is 0 Å². The number of aromatic amines is 1. The highest BCUT2D eigenvalue weighted by Crippen LogP contribution is 2.29. The van der Waals surface area contributed by atoms with Crippen LogP contribution >= 0.6 is 11.6 Å². The van der Waals surface area contributed by atoms with Gasteiger partial charge in [-0.25, -0.2) is 0 Å². The monoisotopic (exact) mass is 250 g/mol. The van der Waals surface area contributed by atoms with Crippen molar-refractivity contribution in [2.45, 2.75) is 0 Å². The summed E-state index contributed by atoms with van der Waals surface area (Å²) in [6.07, 6.45) is 0. The number of aromatic nitrogens is 1. The first-order valence-corrected chi connectivity index (χ1v) is 5.09. The number of rotatable bonds is 2. The Hall–Kier alpha value is -2.14. The van der Waals surface area contributed by atoms with Crippen molar-refractivity contribution in [2.24, 2.45) is 0 Å². The molecular formula is C11H7ClN2O3. The molecule has 0 aliphatic carbocycles. The molecule has 1 aromatic carbocycles. The van der Waals surface area contributed by atoms with E-state index in [-0.39, 0.29) is 11.2 Å². The zero-order chi connectivity index (χ0) is 12.4. The molecule has 0 bridgehead atoms. The minimum atomic E-state index is -0.513. The first-order chi connectivity index (χ1) is 8.08. The van der Waals surface area contributed by atoms with Crippen LogP contribution in [-0.4, -0.2) is 9.91 Å². The number of nitro groups is 1. The smallest absolute Gasteiger partial charge is 0.270 e. The highest BCUT2D eigenvalue weighted by molar-refractivity contribution is 6.33. The van der Waals surface area contributed by atoms with Gasteiger partial charge in [-0.1, -0.05) is 17.7 Å². The van der Waals surface area contributed by atoms with Crippen LogP contribution in [0.1, 0.15) is 0 Å². The first-order valence-electron chi connectivity index (χ1n) is 4.71. The fourth-order valence-electron chi connectivity index (χ4n) is 1.44. The second kappa shape index (κ2) is 4.39. The van der Waals surface area contributed by atoms with Crippen LogP contribution < -0.4 is 5.56 Å². The third-order valence-corrected chi connectivity index (χ3v) is 2.55. The standard InChI is InChI=1S/C11H7ClN2O3/c12-9-5-4-7(14(16)17)6-8(9)10-2-1-3-11(15)13-10/h1-6H,(H,13,15). The quantitative estimate of drug-likeness (QED) is 0.657. The molecular weight excluding hydrogens is 244 g/mol. The zero-order valence-electron chi connectivity index (χ0n) is 8.51. The summed E-state index contributed by atoms with van der Waals surface area (Å²) >= 11 is 5.94. The third-order valence-electron chi connectivity index (χ3n) is 2.22. The molecule has 0 unspecified atom stereocenters. The molecule has 0 atom stereocenters. The summed E-state index contributed by atoms with van der Waals surface area (Å²) in [6, 6.07) is 8.62. The number of nitrogens with one attached hydrogen (secondary N) is 1. The molecule has 0 aliphatic rings. The van der Waals surface area contributed by atoms with Gasteiger partial charge in [0, 0.05) is 23.8 Å². The number of nitro benzene ring substituents is 1. The molecule has 0 radical (unpaired) electrons. The fourth-order valence-corrected chi connectivity index (χ4v) is 1.66. The molecule has 1 heterocycles. The molecule has 2 rings (SSSR count). The Bertz CT molecular complexity index is 637. The van der Waals surface area contributed by atoms with E-state index in [2.05, 4.69) is 4.98 Å². The van der Waals surface area contributed by atoms with Crippen molar-refractivity contribution in [1.29, 1.82) is 0 Å². The van der Waals surface area contributed by atoms with Crippen LogP contribution in [0.15, 0.2) is 41.2 Å². The van der Waals surface area contributed by atoms with Gasteiger partial charge in [0.1, 0.15) is 0 Å². The molecule has 86 valence electrons. The molecule has 0 saturated heterocycles. The maximum Gasteiger partial charge on any atom is 0.270 e. The topological polar surface area (TPSA) is 76.0 Å². The summed E-state index contributed by atoms with van der Waals surface area (Å²) in [5.41, 5.74) is 0.518. The Morgan fingerprint density at radius 3 is 2.65 bits per heavy atom. The average Bonchev–Trinajstić information content (AvgIpc) is 2.29. The number of nitrogens with zero attached hydrogens (tertiary/aromatic N) is 1. The number of hydrogen-bond donors (Lipinski definition) is 1. The maximum absolute atomic E-state index is 11.2. The summed E-state index contributed by atoms with van der Waals surface area (Å²) < 4.78 is 0. The molecule has 0 saturated carbocycles. The van der Waals surface area contributed by atoms with Crippen LogP contribution in [0, 0.1) is 10.1 Å². The van der Waals surface area contributed by atoms with Crippen LogP contribution in [0.5, 0.6) is 0 Å². The highest BCUT2D eigenvalue weighted by Gasteiger charge is 2.11. The molecule has 0 fully saturated rings. The van der Waals surface area contributed by atoms with Gasteiger partial charge in [0.05, 0.1) is 15.6 Å². The van der Waals surface area contributed by atoms with Crippen molar-refractivity contribution in [3.05, 3.63) is 61.9 Å². The van der Waals surface area contributed by atoms with Crippen LogP contribution in [0.3, 0.4) is 0 Å². The number of halogens is 1. The highest BCUT2D eigenvalue weighted by atomic mass is 35.5. The number of benzene rings is 1. The van der Waals surface area contributed by atoms with Gasteiger partial charge < -0.3 is 4.98 Å². The Labute approximate surface area is 101 Å². The molecule has 0 aliphatic heterocycles. The van der Waals surface area contributed by atoms with Crippen molar-refractivity contribution in [3.8, 4) is 11.3 Å². The largest absolute Gasteiger partial charge is 0.322 e. The molecule has 17 heavy (non-hydrogen) atoms. The number of pyridine rings is 1. The van der Waals surface area contributed by atoms with Gasteiger partial charge in [-0.2, -0.15) is 0 Å². The Morgan fingerprint density at radius 2 is 2.00 bits per heavy atom. The predicted molar refractivity (Wildman–Crippen MR) is 64.2 cm³/mol. The molecule has 0 amide bonds. The summed E-state index contributed by atoms with van der Waals surface area (Å²) in [5, 5.41) is 11.0. The van der Waals surface area contributed by atoms with Crippen molar-refractivity contribution in [2.75, 3.05) is 0 Å². The summed E-state index contributed by atoms with van der Waals surface area (Å²) in [5.74, 6) is 0. The van der Waals surface area contributed by atoms with E-state index in [9.17, 15) is 14.9 Å². The van der Waals surface area contributed by atoms with Gasteiger partial charge in [-0.15, -0.1) is 0 Å². The van der Waals surface area contributed by atoms with Crippen LogP contribution in [0.2, 0.25) is 5.02 Å². The second-order valence-electron chi connectivity index (χ2n) is 3.35. The number of H-pyrrole nitrogens is 1. The van der Waals surface area contributed by atoms with Crippen LogP contribution in [0.25, 0.3) is 11.3 Å². The molecule has 1 aromatic heterocycles. The van der Waals surface area contributed by atoms with E-state index in [4.69, 9.17) is 11.6 Å². The first kappa shape index (κ1) is 11.3. The van der Waals surface area contributed by atoms with Crippen LogP contribution in [-0.2, 0) is 0 Å². The van der Waals surface area contributed by atoms with E-state index < -0.39 is 4.92 Å². The van der Waals surface area contributed by atoms with E-state index in [1.165, 1.54) is 24.3 Å². The Morgan fingerprint density at radius 1 is 1.24 bits per heavy atom. The van der Waals surface area contributed by atoms with Crippen molar-refractivity contribution < 1.29 is 4.92 Å². The molecule has 6 heteroatoms. The molecule has 0 spiro atoms. The molecule has 5 nitrogen and oxygen atoms in total. The number of hydrogen-bond acceptors (Lipinski definition) is 3. The normalized spacial score (nSPS) is 10.2. The van der Waals surface area contributed by atoms with E-state index in [1.54, 1.807) is 12.1 Å². The molecule has 2 aromatic rings. The zero-order valence-corrected chi connectivity index (χ0v) is 9.27. The van der Waals surface area contributed by atoms with Gasteiger partial charge in [-0.3, -0.25) is 14.9 Å². The van der Waals surface area contributed by atoms with Gasteiger partial charge in [0.15, 0.2) is 0 Å². The van der Waals surface area contributed by atoms with E-state index in [1.807, 2.05) is 0 Å². The summed E-state index contributed by atoms with van der Waals surface area (Å²) in [6.45, 7) is 0. The van der Waals surface area contributed by atoms with Gasteiger partial charge in [0.25, 0.3) is 5.69 Å². The third kappa shape index (κ3) is 2.34. The van der Waals surface area contributed by atoms with E-state index in [0.29, 0.717) is 16.3 Å². The van der Waals surface area contributed by atoms with Crippen molar-refractivity contribution in [3.63, 3.8) is 0 Å². The Balaban J connectivity index is 2.62. The van der Waals surface area contributed by atoms with Gasteiger partial charge in [-0.05, 0) is 12.1 Å². The minimum absolute atomic E-state index is 0.0749. The van der Waals surface area contributed by atoms with Gasteiger partial charge >= 0.3 is 0 Å². The lowest BCUT2D eigenvalue weighted by Gasteiger charge is -2.03. The minimum Gasteiger partial charge on any atom is -0.322 e. The molecule has 1 N–H and O–H groups in total. The van der Waals surface area contributed by atoms with E-state index in [0.717, 1.165) is 0 Å². The van der Waals surface area contributed by atoms with Crippen molar-refractivity contribution in [1.82, 2.24) is 4.98 Å². The maximum atomic E-state index is 11.2. The van der Waals surface area contributed by atoms with Crippen molar-refractivity contribution >= 4 is 17.3 Å². The lowest BCUT2D eigenvalue weighted by Crippen LogP contribution is -2.03. The number of non-ortho nitro benzene ring substituents is 1. The lowest BCUT2D eigenvalue weighted by molar-refractivity contribution is -0.384. The average molecular weight is 251 g/mol. The lowest BCUT2D eigenvalue weighted by atomic mass is 10.1. The predicted octanol–water partition coefficient (Wildman–Crippen LogP) is 2.60. The second-order valence-corrected chi connectivity index (χ2v) is 3.76. The van der Waals surface area contributed by atoms with Gasteiger partial charge in [0.2, 0.25) is 5.56 Å².